The zero-order valence-corrected chi connectivity index (χ0v) is 9.57. The molecule has 3 heteroatoms. The number of rotatable bonds is 1. The van der Waals surface area contributed by atoms with Crippen LogP contribution in [0.3, 0.4) is 0 Å². The van der Waals surface area contributed by atoms with Crippen molar-refractivity contribution in [3.63, 3.8) is 0 Å². The Bertz CT molecular complexity index is 290. The molecule has 0 aliphatic carbocycles. The van der Waals surface area contributed by atoms with Gasteiger partial charge in [-0.1, -0.05) is 28.1 Å². The van der Waals surface area contributed by atoms with Crippen molar-refractivity contribution in [2.45, 2.75) is 12.0 Å². The van der Waals surface area contributed by atoms with Crippen molar-refractivity contribution in [2.24, 2.45) is 0 Å². The first-order valence-electron chi connectivity index (χ1n) is 4.27. The van der Waals surface area contributed by atoms with Crippen LogP contribution in [0, 0.1) is 0 Å². The molecule has 0 saturated carbocycles. The van der Waals surface area contributed by atoms with Crippen LogP contribution < -0.4 is 0 Å². The van der Waals surface area contributed by atoms with Crippen LogP contribution in [0.15, 0.2) is 28.7 Å². The van der Waals surface area contributed by atoms with Gasteiger partial charge in [0, 0.05) is 10.2 Å². The Morgan fingerprint density at radius 2 is 2.00 bits per heavy atom. The van der Waals surface area contributed by atoms with E-state index in [9.17, 15) is 5.11 Å². The van der Waals surface area contributed by atoms with Gasteiger partial charge < -0.3 is 5.11 Å². The highest BCUT2D eigenvalue weighted by Crippen LogP contribution is 2.36. The first-order chi connectivity index (χ1) is 6.21. The molecule has 1 aromatic rings. The Morgan fingerprint density at radius 1 is 1.31 bits per heavy atom. The van der Waals surface area contributed by atoms with Gasteiger partial charge in [-0.3, -0.25) is 0 Å². The molecular formula is C10H11BrOS. The third-order valence-corrected chi connectivity index (χ3v) is 4.09. The van der Waals surface area contributed by atoms with Crippen LogP contribution in [0.1, 0.15) is 12.0 Å². The van der Waals surface area contributed by atoms with Crippen molar-refractivity contribution in [2.75, 3.05) is 11.5 Å². The molecule has 70 valence electrons. The van der Waals surface area contributed by atoms with Crippen LogP contribution >= 0.6 is 27.7 Å². The van der Waals surface area contributed by atoms with Crippen molar-refractivity contribution >= 4 is 27.7 Å². The largest absolute Gasteiger partial charge is 0.384 e. The van der Waals surface area contributed by atoms with Crippen LogP contribution in [-0.2, 0) is 5.60 Å². The van der Waals surface area contributed by atoms with Crippen LogP contribution in [0.4, 0.5) is 0 Å². The summed E-state index contributed by atoms with van der Waals surface area (Å²) in [4.78, 5) is 0. The zero-order chi connectivity index (χ0) is 9.31. The van der Waals surface area contributed by atoms with Crippen molar-refractivity contribution in [3.05, 3.63) is 34.3 Å². The average Bonchev–Trinajstić information content (AvgIpc) is 2.54. The predicted molar refractivity (Wildman–Crippen MR) is 60.0 cm³/mol. The maximum atomic E-state index is 10.2. The van der Waals surface area contributed by atoms with Crippen molar-refractivity contribution in [1.29, 1.82) is 0 Å². The smallest absolute Gasteiger partial charge is 0.0994 e. The molecule has 1 fully saturated rings. The summed E-state index contributed by atoms with van der Waals surface area (Å²) in [6, 6.07) is 7.96. The van der Waals surface area contributed by atoms with Crippen molar-refractivity contribution in [1.82, 2.24) is 0 Å². The summed E-state index contributed by atoms with van der Waals surface area (Å²) in [7, 11) is 0. The third-order valence-electron chi connectivity index (χ3n) is 2.38. The van der Waals surface area contributed by atoms with Crippen molar-refractivity contribution < 1.29 is 5.11 Å². The molecule has 1 atom stereocenters. The fourth-order valence-corrected chi connectivity index (χ4v) is 3.08. The topological polar surface area (TPSA) is 20.2 Å². The Labute approximate surface area is 90.7 Å². The number of halogens is 1. The van der Waals surface area contributed by atoms with Gasteiger partial charge in [0.15, 0.2) is 0 Å². The molecule has 13 heavy (non-hydrogen) atoms. The Hall–Kier alpha value is 0.01000. The fraction of sp³-hybridized carbons (Fsp3) is 0.400. The van der Waals surface area contributed by atoms with Gasteiger partial charge in [-0.05, 0) is 29.9 Å². The molecule has 0 bridgehead atoms. The number of benzene rings is 1. The van der Waals surface area contributed by atoms with Gasteiger partial charge in [0.2, 0.25) is 0 Å². The van der Waals surface area contributed by atoms with E-state index in [0.29, 0.717) is 0 Å². The molecule has 0 unspecified atom stereocenters. The van der Waals surface area contributed by atoms with Gasteiger partial charge in [0.05, 0.1) is 5.60 Å². The van der Waals surface area contributed by atoms with Gasteiger partial charge in [0.25, 0.3) is 0 Å². The summed E-state index contributed by atoms with van der Waals surface area (Å²) in [6.07, 6.45) is 0.874. The number of aliphatic hydroxyl groups is 1. The first-order valence-corrected chi connectivity index (χ1v) is 6.22. The normalized spacial score (nSPS) is 27.8. The highest BCUT2D eigenvalue weighted by atomic mass is 79.9. The van der Waals surface area contributed by atoms with E-state index >= 15 is 0 Å². The average molecular weight is 259 g/mol. The summed E-state index contributed by atoms with van der Waals surface area (Å²) in [5.41, 5.74) is 0.464. The molecule has 1 N–H and O–H groups in total. The first kappa shape index (κ1) is 9.56. The minimum absolute atomic E-state index is 0.578. The van der Waals surface area contributed by atoms with E-state index in [1.54, 1.807) is 0 Å². The molecule has 1 saturated heterocycles. The van der Waals surface area contributed by atoms with Gasteiger partial charge in [-0.2, -0.15) is 11.8 Å². The summed E-state index contributed by atoms with van der Waals surface area (Å²) in [5, 5.41) is 10.2. The summed E-state index contributed by atoms with van der Waals surface area (Å²) < 4.78 is 1.06. The van der Waals surface area contributed by atoms with E-state index in [1.165, 1.54) is 0 Å². The summed E-state index contributed by atoms with van der Waals surface area (Å²) in [5.74, 6) is 1.89. The lowest BCUT2D eigenvalue weighted by molar-refractivity contribution is 0.0658. The van der Waals surface area contributed by atoms with Crippen LogP contribution in [0.25, 0.3) is 0 Å². The summed E-state index contributed by atoms with van der Waals surface area (Å²) >= 11 is 5.20. The second-order valence-corrected chi connectivity index (χ2v) is 5.36. The zero-order valence-electron chi connectivity index (χ0n) is 7.16. The highest BCUT2D eigenvalue weighted by Gasteiger charge is 2.33. The highest BCUT2D eigenvalue weighted by molar-refractivity contribution is 9.10. The molecule has 0 amide bonds. The number of thioether (sulfide) groups is 1. The lowest BCUT2D eigenvalue weighted by Crippen LogP contribution is -2.24. The molecule has 1 aromatic carbocycles. The van der Waals surface area contributed by atoms with E-state index in [4.69, 9.17) is 0 Å². The van der Waals surface area contributed by atoms with Crippen LogP contribution in [0.2, 0.25) is 0 Å². The third kappa shape index (κ3) is 1.92. The minimum atomic E-state index is -0.578. The fourth-order valence-electron chi connectivity index (χ4n) is 1.54. The van der Waals surface area contributed by atoms with Gasteiger partial charge in [-0.25, -0.2) is 0 Å². The van der Waals surface area contributed by atoms with E-state index in [1.807, 2.05) is 36.0 Å². The second kappa shape index (κ2) is 3.64. The number of hydrogen-bond donors (Lipinski definition) is 1. The van der Waals surface area contributed by atoms with E-state index in [2.05, 4.69) is 15.9 Å². The van der Waals surface area contributed by atoms with Crippen molar-refractivity contribution in [3.8, 4) is 0 Å². The molecule has 0 aromatic heterocycles. The monoisotopic (exact) mass is 258 g/mol. The number of hydrogen-bond acceptors (Lipinski definition) is 2. The Balaban J connectivity index is 2.29. The van der Waals surface area contributed by atoms with E-state index < -0.39 is 5.60 Å². The standard InChI is InChI=1S/C10H11BrOS/c11-9-3-1-8(2-4-9)10(12)5-6-13-7-10/h1-4,12H,5-7H2/t10-/m0/s1. The minimum Gasteiger partial charge on any atom is -0.384 e. The molecule has 1 aliphatic rings. The predicted octanol–water partition coefficient (Wildman–Crippen LogP) is 2.77. The second-order valence-electron chi connectivity index (χ2n) is 3.34. The molecular weight excluding hydrogens is 248 g/mol. The molecule has 1 heterocycles. The Morgan fingerprint density at radius 3 is 2.54 bits per heavy atom. The molecule has 2 rings (SSSR count). The van der Waals surface area contributed by atoms with Crippen LogP contribution in [0.5, 0.6) is 0 Å². The van der Waals surface area contributed by atoms with Gasteiger partial charge >= 0.3 is 0 Å². The van der Waals surface area contributed by atoms with Gasteiger partial charge in [-0.15, -0.1) is 0 Å². The van der Waals surface area contributed by atoms with E-state index in [0.717, 1.165) is 28.0 Å². The van der Waals surface area contributed by atoms with E-state index in [-0.39, 0.29) is 0 Å². The molecule has 1 nitrogen and oxygen atoms in total. The SMILES string of the molecule is O[C@@]1(c2ccc(Br)cc2)CCSC1. The maximum Gasteiger partial charge on any atom is 0.0994 e. The lowest BCUT2D eigenvalue weighted by Gasteiger charge is -2.21. The quantitative estimate of drug-likeness (QED) is 0.836. The maximum absolute atomic E-state index is 10.2. The molecule has 1 aliphatic heterocycles. The lowest BCUT2D eigenvalue weighted by atomic mass is 9.94. The molecule has 0 spiro atoms. The summed E-state index contributed by atoms with van der Waals surface area (Å²) in [6.45, 7) is 0. The Kier molecular flexibility index (Phi) is 2.67. The van der Waals surface area contributed by atoms with Crippen LogP contribution in [-0.4, -0.2) is 16.6 Å². The molecule has 0 radical (unpaired) electrons. The van der Waals surface area contributed by atoms with Gasteiger partial charge in [0.1, 0.15) is 0 Å².